The van der Waals surface area contributed by atoms with Gasteiger partial charge in [-0.2, -0.15) is 18.3 Å². The predicted molar refractivity (Wildman–Crippen MR) is 91.5 cm³/mol. The fourth-order valence-electron chi connectivity index (χ4n) is 2.77. The topological polar surface area (TPSA) is 113 Å². The maximum atomic E-state index is 12.1. The van der Waals surface area contributed by atoms with Crippen molar-refractivity contribution in [3.05, 3.63) is 22.4 Å². The smallest absolute Gasteiger partial charge is 0.475 e. The number of nitrogens with zero attached hydrogens (tertiary/aromatic N) is 3. The van der Waals surface area contributed by atoms with Crippen molar-refractivity contribution in [3.63, 3.8) is 0 Å². The van der Waals surface area contributed by atoms with Gasteiger partial charge in [0.2, 0.25) is 0 Å². The second-order valence-electron chi connectivity index (χ2n) is 6.74. The van der Waals surface area contributed by atoms with Crippen LogP contribution in [0.1, 0.15) is 38.6 Å². The summed E-state index contributed by atoms with van der Waals surface area (Å²) in [7, 11) is 0. The van der Waals surface area contributed by atoms with E-state index in [4.69, 9.17) is 9.90 Å². The van der Waals surface area contributed by atoms with Crippen molar-refractivity contribution in [2.45, 2.75) is 45.3 Å². The Morgan fingerprint density at radius 2 is 2.11 bits per heavy atom. The first-order valence-electron chi connectivity index (χ1n) is 8.56. The van der Waals surface area contributed by atoms with E-state index in [0.29, 0.717) is 17.3 Å². The van der Waals surface area contributed by atoms with Crippen LogP contribution in [0.3, 0.4) is 0 Å². The van der Waals surface area contributed by atoms with Gasteiger partial charge in [0, 0.05) is 13.0 Å². The van der Waals surface area contributed by atoms with Gasteiger partial charge in [-0.05, 0) is 25.3 Å². The van der Waals surface area contributed by atoms with Gasteiger partial charge in [-0.1, -0.05) is 13.8 Å². The number of fused-ring (bicyclic) bond motifs is 1. The van der Waals surface area contributed by atoms with Gasteiger partial charge in [0.1, 0.15) is 11.2 Å². The molecule has 0 bridgehead atoms. The van der Waals surface area contributed by atoms with E-state index in [0.717, 1.165) is 43.8 Å². The van der Waals surface area contributed by atoms with Gasteiger partial charge < -0.3 is 15.4 Å². The average Bonchev–Trinajstić information content (AvgIpc) is 2.99. The number of carbonyl (C=O) groups is 1. The standard InChI is InChI=1S/C14H21N5O.C2HF3O2/c1-9(2)6-12-17-13-11(14(20)18-12)8-16-19(13)10-4-3-5-15-7-10;3-2(4,5)1(6)7/h8-10,15H,3-7H2,1-2H3,(H,17,18,20);(H,6,7). The molecule has 150 valence electrons. The Morgan fingerprint density at radius 3 is 2.63 bits per heavy atom. The summed E-state index contributed by atoms with van der Waals surface area (Å²) in [5.74, 6) is -1.54. The molecule has 0 aromatic carbocycles. The van der Waals surface area contributed by atoms with Crippen LogP contribution in [-0.4, -0.2) is 50.1 Å². The number of halogens is 3. The summed E-state index contributed by atoms with van der Waals surface area (Å²) in [5.41, 5.74) is 0.638. The number of aromatic nitrogens is 4. The molecule has 27 heavy (non-hydrogen) atoms. The Bertz CT molecular complexity index is 838. The molecule has 3 heterocycles. The van der Waals surface area contributed by atoms with Crippen LogP contribution in [0.2, 0.25) is 0 Å². The van der Waals surface area contributed by atoms with E-state index in [1.807, 2.05) is 4.68 Å². The number of piperidine rings is 1. The number of aliphatic carboxylic acids is 1. The molecule has 0 radical (unpaired) electrons. The van der Waals surface area contributed by atoms with Crippen molar-refractivity contribution in [1.82, 2.24) is 25.1 Å². The van der Waals surface area contributed by atoms with Gasteiger partial charge in [-0.25, -0.2) is 14.5 Å². The molecule has 2 aromatic heterocycles. The van der Waals surface area contributed by atoms with Crippen LogP contribution < -0.4 is 10.9 Å². The van der Waals surface area contributed by atoms with Gasteiger partial charge in [0.25, 0.3) is 5.56 Å². The molecule has 0 spiro atoms. The van der Waals surface area contributed by atoms with Crippen LogP contribution >= 0.6 is 0 Å². The number of carboxylic acid groups (broad SMARTS) is 1. The average molecular weight is 389 g/mol. The Labute approximate surface area is 152 Å². The molecule has 2 aromatic rings. The third-order valence-corrected chi connectivity index (χ3v) is 3.97. The van der Waals surface area contributed by atoms with Crippen LogP contribution in [0, 0.1) is 5.92 Å². The van der Waals surface area contributed by atoms with E-state index in [-0.39, 0.29) is 5.56 Å². The van der Waals surface area contributed by atoms with Crippen LogP contribution in [0.5, 0.6) is 0 Å². The van der Waals surface area contributed by atoms with Crippen LogP contribution in [0.15, 0.2) is 11.0 Å². The van der Waals surface area contributed by atoms with Crippen molar-refractivity contribution in [1.29, 1.82) is 0 Å². The maximum absolute atomic E-state index is 12.1. The number of alkyl halides is 3. The number of H-pyrrole nitrogens is 1. The lowest BCUT2D eigenvalue weighted by Gasteiger charge is -2.23. The van der Waals surface area contributed by atoms with Gasteiger partial charge in [-0.3, -0.25) is 4.79 Å². The lowest BCUT2D eigenvalue weighted by molar-refractivity contribution is -0.192. The quantitative estimate of drug-likeness (QED) is 0.739. The summed E-state index contributed by atoms with van der Waals surface area (Å²) < 4.78 is 33.7. The van der Waals surface area contributed by atoms with Crippen LogP contribution in [-0.2, 0) is 11.2 Å². The number of hydrogen-bond acceptors (Lipinski definition) is 5. The van der Waals surface area contributed by atoms with Crippen LogP contribution in [0.4, 0.5) is 13.2 Å². The molecule has 1 saturated heterocycles. The van der Waals surface area contributed by atoms with Crippen LogP contribution in [0.25, 0.3) is 11.0 Å². The van der Waals surface area contributed by atoms with Gasteiger partial charge in [-0.15, -0.1) is 0 Å². The predicted octanol–water partition coefficient (Wildman–Crippen LogP) is 1.88. The van der Waals surface area contributed by atoms with E-state index in [2.05, 4.69) is 34.2 Å². The third-order valence-electron chi connectivity index (χ3n) is 3.97. The Balaban J connectivity index is 0.000000321. The summed E-state index contributed by atoms with van der Waals surface area (Å²) in [4.78, 5) is 28.5. The molecule has 8 nitrogen and oxygen atoms in total. The van der Waals surface area contributed by atoms with Gasteiger partial charge in [0.15, 0.2) is 5.65 Å². The minimum Gasteiger partial charge on any atom is -0.475 e. The lowest BCUT2D eigenvalue weighted by Crippen LogP contribution is -2.32. The third kappa shape index (κ3) is 5.52. The fraction of sp³-hybridized carbons (Fsp3) is 0.625. The molecule has 3 N–H and O–H groups in total. The molecule has 1 fully saturated rings. The highest BCUT2D eigenvalue weighted by Crippen LogP contribution is 2.20. The highest BCUT2D eigenvalue weighted by molar-refractivity contribution is 5.73. The van der Waals surface area contributed by atoms with Gasteiger partial charge >= 0.3 is 12.1 Å². The number of aromatic amines is 1. The van der Waals surface area contributed by atoms with E-state index in [1.165, 1.54) is 0 Å². The summed E-state index contributed by atoms with van der Waals surface area (Å²) in [6.45, 7) is 6.19. The molecule has 1 aliphatic heterocycles. The first kappa shape index (κ1) is 20.9. The monoisotopic (exact) mass is 389 g/mol. The first-order chi connectivity index (χ1) is 12.6. The van der Waals surface area contributed by atoms with E-state index in [1.54, 1.807) is 6.20 Å². The number of nitrogens with one attached hydrogen (secondary N) is 2. The molecule has 11 heteroatoms. The van der Waals surface area contributed by atoms with Gasteiger partial charge in [0.05, 0.1) is 12.2 Å². The SMILES string of the molecule is CC(C)Cc1nc2c(cnn2C2CCCNC2)c(=O)[nH]1.O=C(O)C(F)(F)F. The zero-order valence-corrected chi connectivity index (χ0v) is 15.0. The summed E-state index contributed by atoms with van der Waals surface area (Å²) in [5, 5.41) is 15.5. The summed E-state index contributed by atoms with van der Waals surface area (Å²) in [6, 6.07) is 0.294. The highest BCUT2D eigenvalue weighted by atomic mass is 19.4. The highest BCUT2D eigenvalue weighted by Gasteiger charge is 2.38. The Morgan fingerprint density at radius 1 is 1.44 bits per heavy atom. The molecule has 1 unspecified atom stereocenters. The molecule has 0 saturated carbocycles. The zero-order chi connectivity index (χ0) is 20.2. The normalized spacial score (nSPS) is 17.6. The number of rotatable bonds is 3. The van der Waals surface area contributed by atoms with E-state index in [9.17, 15) is 18.0 Å². The molecule has 0 aliphatic carbocycles. The summed E-state index contributed by atoms with van der Waals surface area (Å²) >= 11 is 0. The second kappa shape index (κ2) is 8.51. The van der Waals surface area contributed by atoms with Crippen molar-refractivity contribution >= 4 is 17.0 Å². The molecular weight excluding hydrogens is 367 g/mol. The molecule has 0 amide bonds. The minimum absolute atomic E-state index is 0.0827. The largest absolute Gasteiger partial charge is 0.490 e. The fourth-order valence-corrected chi connectivity index (χ4v) is 2.77. The molecule has 1 atom stereocenters. The second-order valence-corrected chi connectivity index (χ2v) is 6.74. The summed E-state index contributed by atoms with van der Waals surface area (Å²) in [6.07, 6.45) is -0.458. The number of hydrogen-bond donors (Lipinski definition) is 3. The Kier molecular flexibility index (Phi) is 6.58. The Hall–Kier alpha value is -2.43. The van der Waals surface area contributed by atoms with Crippen molar-refractivity contribution in [2.75, 3.05) is 13.1 Å². The van der Waals surface area contributed by atoms with E-state index < -0.39 is 12.1 Å². The number of carboxylic acids is 1. The van der Waals surface area contributed by atoms with Crippen molar-refractivity contribution in [3.8, 4) is 0 Å². The molecule has 1 aliphatic rings. The minimum atomic E-state index is -5.08. The molecular formula is C16H22F3N5O3. The zero-order valence-electron chi connectivity index (χ0n) is 15.0. The maximum Gasteiger partial charge on any atom is 0.490 e. The first-order valence-corrected chi connectivity index (χ1v) is 8.56. The molecule has 3 rings (SSSR count). The lowest BCUT2D eigenvalue weighted by atomic mass is 10.1. The van der Waals surface area contributed by atoms with E-state index >= 15 is 0 Å². The van der Waals surface area contributed by atoms with Crippen molar-refractivity contribution in [2.24, 2.45) is 5.92 Å². The van der Waals surface area contributed by atoms with Crippen molar-refractivity contribution < 1.29 is 23.1 Å².